The molecule has 0 aromatic heterocycles. The van der Waals surface area contributed by atoms with E-state index < -0.39 is 47.9 Å². The predicted octanol–water partition coefficient (Wildman–Crippen LogP) is -0.0153. The van der Waals surface area contributed by atoms with E-state index in [1.165, 1.54) is 13.8 Å². The second-order valence-corrected chi connectivity index (χ2v) is 7.40. The Balaban J connectivity index is 4.68. The van der Waals surface area contributed by atoms with Crippen LogP contribution in [0.3, 0.4) is 0 Å². The third-order valence-corrected chi connectivity index (χ3v) is 4.39. The van der Waals surface area contributed by atoms with Crippen LogP contribution in [0.4, 0.5) is 0 Å². The first-order valence-corrected chi connectivity index (χ1v) is 9.30. The zero-order chi connectivity index (χ0) is 21.3. The first-order chi connectivity index (χ1) is 12.4. The smallest absolute Gasteiger partial charge is 0.326 e. The van der Waals surface area contributed by atoms with Crippen LogP contribution < -0.4 is 21.7 Å². The Bertz CT molecular complexity index is 538. The van der Waals surface area contributed by atoms with Gasteiger partial charge in [0.1, 0.15) is 18.1 Å². The zero-order valence-corrected chi connectivity index (χ0v) is 17.0. The van der Waals surface area contributed by atoms with Crippen molar-refractivity contribution >= 4 is 23.7 Å². The topological polar surface area (TPSA) is 151 Å². The fraction of sp³-hybridized carbons (Fsp3) is 0.778. The number of carboxylic acid groups (broad SMARTS) is 1. The van der Waals surface area contributed by atoms with Crippen molar-refractivity contribution in [1.29, 1.82) is 0 Å². The number of hydrogen-bond acceptors (Lipinski definition) is 5. The summed E-state index contributed by atoms with van der Waals surface area (Å²) < 4.78 is 0. The van der Waals surface area contributed by atoms with Crippen molar-refractivity contribution in [3.8, 4) is 0 Å². The molecule has 0 aromatic rings. The maximum atomic E-state index is 12.2. The molecule has 27 heavy (non-hydrogen) atoms. The van der Waals surface area contributed by atoms with Gasteiger partial charge in [-0.3, -0.25) is 14.4 Å². The van der Waals surface area contributed by atoms with Gasteiger partial charge in [-0.25, -0.2) is 4.79 Å². The fourth-order valence-corrected chi connectivity index (χ4v) is 2.28. The molecule has 0 spiro atoms. The summed E-state index contributed by atoms with van der Waals surface area (Å²) >= 11 is 0. The van der Waals surface area contributed by atoms with E-state index in [2.05, 4.69) is 16.0 Å². The van der Waals surface area contributed by atoms with Crippen molar-refractivity contribution in [2.24, 2.45) is 17.6 Å². The summed E-state index contributed by atoms with van der Waals surface area (Å²) in [7, 11) is 0. The van der Waals surface area contributed by atoms with Crippen LogP contribution in [-0.2, 0) is 19.2 Å². The molecular formula is C18H34N4O5. The molecule has 9 heteroatoms. The highest BCUT2D eigenvalue weighted by Crippen LogP contribution is 2.06. The number of nitrogens with two attached hydrogens (primary N) is 1. The molecule has 0 aliphatic heterocycles. The predicted molar refractivity (Wildman–Crippen MR) is 102 cm³/mol. The van der Waals surface area contributed by atoms with Crippen molar-refractivity contribution in [3.63, 3.8) is 0 Å². The Morgan fingerprint density at radius 2 is 1.30 bits per heavy atom. The van der Waals surface area contributed by atoms with Gasteiger partial charge >= 0.3 is 5.97 Å². The minimum absolute atomic E-state index is 0.0288. The molecule has 0 aromatic carbocycles. The minimum Gasteiger partial charge on any atom is -0.480 e. The molecular weight excluding hydrogens is 352 g/mol. The summed E-state index contributed by atoms with van der Waals surface area (Å²) in [4.78, 5) is 47.6. The molecule has 6 N–H and O–H groups in total. The van der Waals surface area contributed by atoms with Crippen LogP contribution in [0.1, 0.15) is 54.4 Å². The Labute approximate surface area is 160 Å². The highest BCUT2D eigenvalue weighted by atomic mass is 16.4. The molecule has 0 aliphatic carbocycles. The lowest BCUT2D eigenvalue weighted by molar-refractivity contribution is -0.142. The lowest BCUT2D eigenvalue weighted by Crippen LogP contribution is -2.56. The van der Waals surface area contributed by atoms with Gasteiger partial charge in [0.25, 0.3) is 0 Å². The van der Waals surface area contributed by atoms with Crippen molar-refractivity contribution < 1.29 is 24.3 Å². The number of carbonyl (C=O) groups is 4. The highest BCUT2D eigenvalue weighted by molar-refractivity contribution is 5.93. The second-order valence-electron chi connectivity index (χ2n) is 7.40. The van der Waals surface area contributed by atoms with E-state index in [4.69, 9.17) is 5.73 Å². The van der Waals surface area contributed by atoms with Gasteiger partial charge in [0.05, 0.1) is 6.04 Å². The number of amides is 3. The third kappa shape index (κ3) is 8.85. The third-order valence-electron chi connectivity index (χ3n) is 4.39. The van der Waals surface area contributed by atoms with Gasteiger partial charge in [0.15, 0.2) is 0 Å². The van der Waals surface area contributed by atoms with Gasteiger partial charge < -0.3 is 26.8 Å². The fourth-order valence-electron chi connectivity index (χ4n) is 2.28. The zero-order valence-electron chi connectivity index (χ0n) is 17.0. The standard InChI is InChI=1S/C18H34N4O5/c1-7-10(4)14(19)17(25)21-11(5)15(23)20-12(6)16(24)22-13(18(26)27)8-9(2)3/h9-14H,7-8,19H2,1-6H3,(H,20,23)(H,21,25)(H,22,24)(H,26,27). The van der Waals surface area contributed by atoms with Crippen molar-refractivity contribution in [3.05, 3.63) is 0 Å². The highest BCUT2D eigenvalue weighted by Gasteiger charge is 2.27. The van der Waals surface area contributed by atoms with Crippen molar-refractivity contribution in [1.82, 2.24) is 16.0 Å². The lowest BCUT2D eigenvalue weighted by atomic mass is 9.99. The summed E-state index contributed by atoms with van der Waals surface area (Å²) in [6.45, 7) is 10.4. The maximum absolute atomic E-state index is 12.2. The van der Waals surface area contributed by atoms with E-state index in [1.807, 2.05) is 27.7 Å². The first-order valence-electron chi connectivity index (χ1n) is 9.30. The number of carbonyl (C=O) groups excluding carboxylic acids is 3. The van der Waals surface area contributed by atoms with Gasteiger partial charge in [-0.2, -0.15) is 0 Å². The van der Waals surface area contributed by atoms with E-state index >= 15 is 0 Å². The molecule has 156 valence electrons. The van der Waals surface area contributed by atoms with Gasteiger partial charge in [-0.1, -0.05) is 34.1 Å². The van der Waals surface area contributed by atoms with Crippen LogP contribution in [0, 0.1) is 11.8 Å². The minimum atomic E-state index is -1.13. The average molecular weight is 386 g/mol. The molecule has 3 amide bonds. The number of nitrogens with one attached hydrogen (secondary N) is 3. The lowest BCUT2D eigenvalue weighted by Gasteiger charge is -2.23. The molecule has 0 radical (unpaired) electrons. The van der Waals surface area contributed by atoms with Gasteiger partial charge in [-0.05, 0) is 32.1 Å². The van der Waals surface area contributed by atoms with Crippen LogP contribution in [-0.4, -0.2) is 53.0 Å². The Morgan fingerprint density at radius 1 is 0.852 bits per heavy atom. The molecule has 5 unspecified atom stereocenters. The molecule has 5 atom stereocenters. The van der Waals surface area contributed by atoms with Gasteiger partial charge in [-0.15, -0.1) is 0 Å². The van der Waals surface area contributed by atoms with Gasteiger partial charge in [0, 0.05) is 0 Å². The monoisotopic (exact) mass is 386 g/mol. The molecule has 0 rings (SSSR count). The number of hydrogen-bond donors (Lipinski definition) is 5. The van der Waals surface area contributed by atoms with Crippen molar-refractivity contribution in [2.75, 3.05) is 0 Å². The Kier molecular flexibility index (Phi) is 10.6. The second kappa shape index (κ2) is 11.5. The normalized spacial score (nSPS) is 16.6. The van der Waals surface area contributed by atoms with Crippen molar-refractivity contribution in [2.45, 2.75) is 78.6 Å². The number of aliphatic carboxylic acids is 1. The summed E-state index contributed by atoms with van der Waals surface area (Å²) in [5, 5.41) is 16.6. The SMILES string of the molecule is CCC(C)C(N)C(=O)NC(C)C(=O)NC(C)C(=O)NC(CC(C)C)C(=O)O. The molecule has 9 nitrogen and oxygen atoms in total. The van der Waals surface area contributed by atoms with Crippen LogP contribution in [0.25, 0.3) is 0 Å². The average Bonchev–Trinajstić information content (AvgIpc) is 2.58. The van der Waals surface area contributed by atoms with Gasteiger partial charge in [0.2, 0.25) is 17.7 Å². The Hall–Kier alpha value is -2.16. The van der Waals surface area contributed by atoms with Crippen LogP contribution in [0.2, 0.25) is 0 Å². The molecule has 0 saturated carbocycles. The molecule has 0 bridgehead atoms. The largest absolute Gasteiger partial charge is 0.480 e. The molecule has 0 heterocycles. The quantitative estimate of drug-likeness (QED) is 0.337. The number of carboxylic acids is 1. The van der Waals surface area contributed by atoms with Crippen LogP contribution >= 0.6 is 0 Å². The molecule has 0 saturated heterocycles. The van der Waals surface area contributed by atoms with E-state index in [0.717, 1.165) is 6.42 Å². The van der Waals surface area contributed by atoms with E-state index in [9.17, 15) is 24.3 Å². The maximum Gasteiger partial charge on any atom is 0.326 e. The Morgan fingerprint density at radius 3 is 1.70 bits per heavy atom. The molecule has 0 aliphatic rings. The summed E-state index contributed by atoms with van der Waals surface area (Å²) in [5.74, 6) is -2.67. The van der Waals surface area contributed by atoms with E-state index in [0.29, 0.717) is 0 Å². The number of rotatable bonds is 11. The summed E-state index contributed by atoms with van der Waals surface area (Å²) in [6.07, 6.45) is 1.01. The van der Waals surface area contributed by atoms with E-state index in [-0.39, 0.29) is 18.3 Å². The summed E-state index contributed by atoms with van der Waals surface area (Å²) in [5.41, 5.74) is 5.83. The van der Waals surface area contributed by atoms with E-state index in [1.54, 1.807) is 0 Å². The van der Waals surface area contributed by atoms with Crippen LogP contribution in [0.15, 0.2) is 0 Å². The first kappa shape index (κ1) is 24.8. The van der Waals surface area contributed by atoms with Crippen LogP contribution in [0.5, 0.6) is 0 Å². The molecule has 0 fully saturated rings. The summed E-state index contributed by atoms with van der Waals surface area (Å²) in [6, 6.07) is -3.58.